The molecule has 0 bridgehead atoms. The van der Waals surface area contributed by atoms with Crippen LogP contribution in [0.25, 0.3) is 0 Å². The summed E-state index contributed by atoms with van der Waals surface area (Å²) in [4.78, 5) is 12.3. The fraction of sp³-hybridized carbons (Fsp3) is 0.190. The Balaban J connectivity index is 1.63. The van der Waals surface area contributed by atoms with Crippen LogP contribution in [-0.2, 0) is 15.8 Å². The van der Waals surface area contributed by atoms with E-state index >= 15 is 0 Å². The monoisotopic (exact) mass is 448 g/mol. The number of thioether (sulfide) groups is 1. The lowest BCUT2D eigenvalue weighted by atomic mass is 10.2. The second-order valence-electron chi connectivity index (χ2n) is 6.34. The minimum Gasteiger partial charge on any atom is -0.468 e. The maximum atomic E-state index is 14.0. The van der Waals surface area contributed by atoms with E-state index in [4.69, 9.17) is 4.42 Å². The molecule has 0 atom stereocenters. The Labute approximate surface area is 179 Å². The van der Waals surface area contributed by atoms with Gasteiger partial charge in [0.1, 0.15) is 11.6 Å². The number of amides is 1. The first kappa shape index (κ1) is 21.9. The van der Waals surface area contributed by atoms with Crippen molar-refractivity contribution in [2.45, 2.75) is 10.6 Å². The van der Waals surface area contributed by atoms with Gasteiger partial charge < -0.3 is 9.73 Å². The lowest BCUT2D eigenvalue weighted by molar-refractivity contribution is 0.0956. The summed E-state index contributed by atoms with van der Waals surface area (Å²) in [5.74, 6) is 1.23. The molecule has 6 nitrogen and oxygen atoms in total. The largest absolute Gasteiger partial charge is 0.468 e. The quantitative estimate of drug-likeness (QED) is 0.502. The molecule has 0 fully saturated rings. The summed E-state index contributed by atoms with van der Waals surface area (Å²) in [7, 11) is -2.75. The van der Waals surface area contributed by atoms with Gasteiger partial charge in [0, 0.05) is 24.9 Å². The molecule has 1 amide bonds. The molecule has 0 unspecified atom stereocenters. The number of carbonyl (C=O) groups is 1. The minimum absolute atomic E-state index is 0.0686. The maximum Gasteiger partial charge on any atom is 0.264 e. The molecule has 3 rings (SSSR count). The van der Waals surface area contributed by atoms with Crippen molar-refractivity contribution in [2.75, 3.05) is 23.7 Å². The molecular formula is C21H21FN2O4S2. The third-order valence-electron chi connectivity index (χ3n) is 4.30. The highest BCUT2D eigenvalue weighted by atomic mass is 32.2. The second kappa shape index (κ2) is 9.82. The molecule has 158 valence electrons. The summed E-state index contributed by atoms with van der Waals surface area (Å²) in [6, 6.07) is 15.0. The SMILES string of the molecule is CN(c1ccccc1F)S(=O)(=O)c1cccc(C(=O)NCCSCc2ccco2)c1. The van der Waals surface area contributed by atoms with E-state index in [1.54, 1.807) is 24.1 Å². The number of nitrogens with one attached hydrogen (secondary N) is 1. The zero-order chi connectivity index (χ0) is 21.6. The lowest BCUT2D eigenvalue weighted by Crippen LogP contribution is -2.28. The van der Waals surface area contributed by atoms with Crippen molar-refractivity contribution in [3.8, 4) is 0 Å². The van der Waals surface area contributed by atoms with Crippen LogP contribution in [0, 0.1) is 5.82 Å². The lowest BCUT2D eigenvalue weighted by Gasteiger charge is -2.20. The number of para-hydroxylation sites is 1. The van der Waals surface area contributed by atoms with Crippen molar-refractivity contribution in [3.05, 3.63) is 84.1 Å². The molecule has 0 saturated heterocycles. The van der Waals surface area contributed by atoms with Crippen molar-refractivity contribution in [2.24, 2.45) is 0 Å². The Morgan fingerprint density at radius 2 is 1.93 bits per heavy atom. The summed E-state index contributed by atoms with van der Waals surface area (Å²) >= 11 is 1.61. The van der Waals surface area contributed by atoms with Gasteiger partial charge in [-0.2, -0.15) is 11.8 Å². The van der Waals surface area contributed by atoms with Gasteiger partial charge in [0.25, 0.3) is 15.9 Å². The molecule has 0 spiro atoms. The van der Waals surface area contributed by atoms with Crippen molar-refractivity contribution >= 4 is 33.4 Å². The average molecular weight is 449 g/mol. The van der Waals surface area contributed by atoms with Gasteiger partial charge in [0.05, 0.1) is 22.6 Å². The molecule has 30 heavy (non-hydrogen) atoms. The van der Waals surface area contributed by atoms with Crippen molar-refractivity contribution in [1.29, 1.82) is 0 Å². The zero-order valence-corrected chi connectivity index (χ0v) is 17.9. The number of nitrogens with zero attached hydrogens (tertiary/aromatic N) is 1. The predicted octanol–water partition coefficient (Wildman–Crippen LogP) is 3.91. The Morgan fingerprint density at radius 3 is 2.67 bits per heavy atom. The molecule has 1 aromatic heterocycles. The van der Waals surface area contributed by atoms with E-state index in [1.807, 2.05) is 12.1 Å². The normalized spacial score (nSPS) is 11.3. The van der Waals surface area contributed by atoms with Crippen molar-refractivity contribution < 1.29 is 22.0 Å². The fourth-order valence-electron chi connectivity index (χ4n) is 2.70. The second-order valence-corrected chi connectivity index (χ2v) is 9.41. The first-order chi connectivity index (χ1) is 14.4. The van der Waals surface area contributed by atoms with E-state index in [9.17, 15) is 17.6 Å². The van der Waals surface area contributed by atoms with Crippen LogP contribution < -0.4 is 9.62 Å². The van der Waals surface area contributed by atoms with Gasteiger partial charge in [-0.1, -0.05) is 18.2 Å². The first-order valence-corrected chi connectivity index (χ1v) is 11.7. The molecule has 0 aliphatic heterocycles. The van der Waals surface area contributed by atoms with Crippen LogP contribution in [0.2, 0.25) is 0 Å². The van der Waals surface area contributed by atoms with Gasteiger partial charge in [0.2, 0.25) is 0 Å². The van der Waals surface area contributed by atoms with E-state index in [0.29, 0.717) is 18.1 Å². The summed E-state index contributed by atoms with van der Waals surface area (Å²) in [6.45, 7) is 0.427. The third kappa shape index (κ3) is 5.22. The van der Waals surface area contributed by atoms with Crippen LogP contribution in [0.1, 0.15) is 16.1 Å². The van der Waals surface area contributed by atoms with E-state index in [-0.39, 0.29) is 22.1 Å². The van der Waals surface area contributed by atoms with Gasteiger partial charge in [-0.05, 0) is 42.5 Å². The Kier molecular flexibility index (Phi) is 7.17. The zero-order valence-electron chi connectivity index (χ0n) is 16.2. The molecule has 1 heterocycles. The highest BCUT2D eigenvalue weighted by molar-refractivity contribution is 7.98. The van der Waals surface area contributed by atoms with Gasteiger partial charge in [-0.25, -0.2) is 12.8 Å². The number of carbonyl (C=O) groups excluding carboxylic acids is 1. The molecule has 0 saturated carbocycles. The molecule has 9 heteroatoms. The summed E-state index contributed by atoms with van der Waals surface area (Å²) in [6.07, 6.45) is 1.61. The fourth-order valence-corrected chi connectivity index (χ4v) is 4.70. The topological polar surface area (TPSA) is 79.6 Å². The number of halogens is 1. The van der Waals surface area contributed by atoms with E-state index in [0.717, 1.165) is 10.1 Å². The Bertz CT molecular complexity index is 1100. The minimum atomic E-state index is -4.03. The highest BCUT2D eigenvalue weighted by Crippen LogP contribution is 2.25. The molecule has 0 aliphatic rings. The van der Waals surface area contributed by atoms with Gasteiger partial charge in [0.15, 0.2) is 0 Å². The van der Waals surface area contributed by atoms with E-state index < -0.39 is 15.8 Å². The molecule has 0 radical (unpaired) electrons. The number of benzene rings is 2. The van der Waals surface area contributed by atoms with Crippen LogP contribution in [-0.4, -0.2) is 33.7 Å². The maximum absolute atomic E-state index is 14.0. The molecule has 3 aromatic rings. The summed E-state index contributed by atoms with van der Waals surface area (Å²) in [5.41, 5.74) is 0.148. The standard InChI is InChI=1S/C21H21FN2O4S2/c1-24(20-10-3-2-9-19(20)22)30(26,27)18-8-4-6-16(14-18)21(25)23-11-13-29-15-17-7-5-12-28-17/h2-10,12,14H,11,13,15H2,1H3,(H,23,25). The van der Waals surface area contributed by atoms with E-state index in [1.165, 1.54) is 49.5 Å². The van der Waals surface area contributed by atoms with Crippen LogP contribution in [0.15, 0.2) is 76.2 Å². The molecule has 2 aromatic carbocycles. The van der Waals surface area contributed by atoms with Crippen LogP contribution in [0.5, 0.6) is 0 Å². The van der Waals surface area contributed by atoms with Gasteiger partial charge >= 0.3 is 0 Å². The molecular weight excluding hydrogens is 427 g/mol. The van der Waals surface area contributed by atoms with Gasteiger partial charge in [-0.3, -0.25) is 9.10 Å². The average Bonchev–Trinajstić information content (AvgIpc) is 3.27. The number of furan rings is 1. The van der Waals surface area contributed by atoms with E-state index in [2.05, 4.69) is 5.32 Å². The summed E-state index contributed by atoms with van der Waals surface area (Å²) in [5, 5.41) is 2.77. The van der Waals surface area contributed by atoms with Crippen molar-refractivity contribution in [1.82, 2.24) is 5.32 Å². The molecule has 0 aliphatic carbocycles. The highest BCUT2D eigenvalue weighted by Gasteiger charge is 2.24. The molecule has 1 N–H and O–H groups in total. The van der Waals surface area contributed by atoms with Crippen LogP contribution in [0.4, 0.5) is 10.1 Å². The Morgan fingerprint density at radius 1 is 1.13 bits per heavy atom. The third-order valence-corrected chi connectivity index (χ3v) is 7.05. The summed E-state index contributed by atoms with van der Waals surface area (Å²) < 4.78 is 45.9. The number of sulfonamides is 1. The van der Waals surface area contributed by atoms with Crippen LogP contribution >= 0.6 is 11.8 Å². The number of hydrogen-bond donors (Lipinski definition) is 1. The Hall–Kier alpha value is -2.78. The smallest absolute Gasteiger partial charge is 0.264 e. The number of hydrogen-bond acceptors (Lipinski definition) is 5. The first-order valence-electron chi connectivity index (χ1n) is 9.11. The van der Waals surface area contributed by atoms with Gasteiger partial charge in [-0.15, -0.1) is 0 Å². The number of anilines is 1. The predicted molar refractivity (Wildman–Crippen MR) is 116 cm³/mol. The van der Waals surface area contributed by atoms with Crippen LogP contribution in [0.3, 0.4) is 0 Å². The van der Waals surface area contributed by atoms with Crippen molar-refractivity contribution in [3.63, 3.8) is 0 Å². The number of rotatable bonds is 9.